The normalized spacial score (nSPS) is 6.52. The fourth-order valence-electron chi connectivity index (χ4n) is 0.825. The predicted molar refractivity (Wildman–Crippen MR) is 104 cm³/mol. The third kappa shape index (κ3) is 52.0. The first-order valence-electron chi connectivity index (χ1n) is 6.28. The zero-order valence-corrected chi connectivity index (χ0v) is 22.0. The molecule has 0 radical (unpaired) electrons. The third-order valence-electron chi connectivity index (χ3n) is 1.49. The summed E-state index contributed by atoms with van der Waals surface area (Å²) in [6, 6.07) is 0. The van der Waals surface area contributed by atoms with E-state index in [0.717, 1.165) is 26.1 Å². The minimum Gasteiger partial charge on any atom is -0.436 e. The molecule has 0 amide bonds. The molecule has 0 aromatic heterocycles. The van der Waals surface area contributed by atoms with Crippen LogP contribution in [-0.4, -0.2) is 40.6 Å². The average molecular weight is 387 g/mol. The van der Waals surface area contributed by atoms with Gasteiger partial charge in [0.25, 0.3) is 0 Å². The number of nitrogens with one attached hydrogen (secondary N) is 1. The Morgan fingerprint density at radius 2 is 1.67 bits per heavy atom. The maximum atomic E-state index is 4.89. The summed E-state index contributed by atoms with van der Waals surface area (Å²) in [5.74, 6) is 0. The zero-order valence-electron chi connectivity index (χ0n) is 14.8. The Morgan fingerprint density at radius 1 is 1.33 bits per heavy atom. The Morgan fingerprint density at radius 3 is 1.86 bits per heavy atom. The van der Waals surface area contributed by atoms with Crippen LogP contribution >= 0.6 is 24.4 Å². The van der Waals surface area contributed by atoms with E-state index in [9.17, 15) is 0 Å². The van der Waals surface area contributed by atoms with Crippen molar-refractivity contribution in [3.8, 4) is 0 Å². The van der Waals surface area contributed by atoms with Crippen molar-refractivity contribution < 1.29 is 59.1 Å². The number of hydrogen-bond donors (Lipinski definition) is 1. The van der Waals surface area contributed by atoms with Gasteiger partial charge in [-0.3, -0.25) is 0 Å². The van der Waals surface area contributed by atoms with Crippen LogP contribution in [0.4, 0.5) is 0 Å². The molecule has 0 saturated carbocycles. The van der Waals surface area contributed by atoms with Gasteiger partial charge in [0.2, 0.25) is 0 Å². The number of nitrogens with zero attached hydrogens (tertiary/aromatic N) is 1. The largest absolute Gasteiger partial charge is 1.00 e. The van der Waals surface area contributed by atoms with Gasteiger partial charge < -0.3 is 59.9 Å². The van der Waals surface area contributed by atoms with Crippen LogP contribution in [0.1, 0.15) is 34.1 Å². The quantitative estimate of drug-likeness (QED) is 0.183. The minimum absolute atomic E-state index is 0. The zero-order chi connectivity index (χ0) is 16.1. The molecule has 0 heterocycles. The molecule has 8 heteroatoms. The van der Waals surface area contributed by atoms with Gasteiger partial charge in [-0.2, -0.15) is 4.70 Å². The van der Waals surface area contributed by atoms with Crippen molar-refractivity contribution in [1.82, 2.24) is 10.2 Å². The second-order valence-corrected chi connectivity index (χ2v) is 4.61. The average Bonchev–Trinajstić information content (AvgIpc) is 2.38. The van der Waals surface area contributed by atoms with Crippen LogP contribution in [0, 0.1) is 0 Å². The summed E-state index contributed by atoms with van der Waals surface area (Å²) in [6.45, 7) is 14.2. The molecule has 21 heavy (non-hydrogen) atoms. The molecule has 0 saturated heterocycles. The van der Waals surface area contributed by atoms with E-state index in [1.54, 1.807) is 6.08 Å². The Bertz CT molecular complexity index is 191. The van der Waals surface area contributed by atoms with Crippen LogP contribution in [0.15, 0.2) is 12.7 Å². The summed E-state index contributed by atoms with van der Waals surface area (Å²) in [4.78, 5) is 2.03. The molecule has 0 atom stereocenters. The van der Waals surface area contributed by atoms with E-state index in [1.807, 2.05) is 32.7 Å². The van der Waals surface area contributed by atoms with Gasteiger partial charge in [-0.05, 0) is 33.9 Å². The van der Waals surface area contributed by atoms with Crippen LogP contribution in [0.5, 0.6) is 0 Å². The van der Waals surface area contributed by atoms with Crippen molar-refractivity contribution in [3.05, 3.63) is 12.7 Å². The van der Waals surface area contributed by atoms with Crippen LogP contribution in [0.2, 0.25) is 0 Å². The number of hydrogen-bond acceptors (Lipinski definition) is 5. The van der Waals surface area contributed by atoms with E-state index in [0.29, 0.717) is 4.32 Å². The molecule has 2 nitrogen and oxygen atoms in total. The molecule has 116 valence electrons. The smallest absolute Gasteiger partial charge is 0.436 e. The van der Waals surface area contributed by atoms with E-state index >= 15 is 0 Å². The van der Waals surface area contributed by atoms with Crippen molar-refractivity contribution in [3.63, 3.8) is 0 Å². The van der Waals surface area contributed by atoms with E-state index in [1.165, 1.54) is 4.70 Å². The summed E-state index contributed by atoms with van der Waals surface area (Å²) in [5.41, 5.74) is 0. The number of thiocarbonyl (C=S) groups is 2. The van der Waals surface area contributed by atoms with Gasteiger partial charge in [-0.1, -0.05) is 24.2 Å². The first kappa shape index (κ1) is 38.6. The molecule has 0 bridgehead atoms. The Balaban J connectivity index is -0.0000000478. The van der Waals surface area contributed by atoms with Crippen molar-refractivity contribution in [2.24, 2.45) is 0 Å². The number of rotatable bonds is 5. The van der Waals surface area contributed by atoms with E-state index in [2.05, 4.69) is 43.7 Å². The fraction of sp³-hybridized carbons (Fsp3) is 0.692. The number of allylic oxidation sites excluding steroid dienone is 1. The second kappa shape index (κ2) is 43.2. The Hall–Kier alpha value is 2.12. The second-order valence-electron chi connectivity index (χ2n) is 2.81. The molecule has 0 aliphatic heterocycles. The summed E-state index contributed by atoms with van der Waals surface area (Å²) >= 11 is 17.9. The molecule has 0 unspecified atom stereocenters. The van der Waals surface area contributed by atoms with Gasteiger partial charge in [0.15, 0.2) is 0 Å². The molecule has 1 N–H and O–H groups in total. The standard InChI is InChI=1S/C7H16N2S2.C3H6.C2H6.CH2S2.2Na/c1-3-9(7(10)11)6-4-5-8-2;1-3-2;1-2;2-1-3;;/h8H,3-6H2,1-2H3,(H,10,11);3H,1H2,2H3;1-2H3;1H,(H,2,3);;/q;;;;2*+1/p-2. The maximum absolute atomic E-state index is 4.89. The van der Waals surface area contributed by atoms with Gasteiger partial charge >= 0.3 is 59.1 Å². The van der Waals surface area contributed by atoms with Gasteiger partial charge in [0.05, 0.1) is 0 Å². The van der Waals surface area contributed by atoms with Crippen molar-refractivity contribution in [2.45, 2.75) is 34.1 Å². The molecule has 0 aromatic carbocycles. The van der Waals surface area contributed by atoms with E-state index < -0.39 is 0 Å². The molecule has 0 aliphatic carbocycles. The first-order valence-corrected chi connectivity index (χ1v) is 8.04. The molecular weight excluding hydrogens is 358 g/mol. The van der Waals surface area contributed by atoms with E-state index in [-0.39, 0.29) is 59.1 Å². The molecule has 0 spiro atoms. The SMILES string of the molecule is C=CC.CC.CCN(CCCNC)C(=S)[S-].S=C[S-].[Na+].[Na+]. The summed E-state index contributed by atoms with van der Waals surface area (Å²) in [7, 11) is 1.95. The van der Waals surface area contributed by atoms with Gasteiger partial charge in [-0.25, -0.2) is 0 Å². The first-order chi connectivity index (χ1) is 9.05. The van der Waals surface area contributed by atoms with Crippen LogP contribution in [0.25, 0.3) is 0 Å². The third-order valence-corrected chi connectivity index (χ3v) is 2.01. The minimum atomic E-state index is 0. The molecule has 0 aliphatic rings. The monoisotopic (exact) mass is 386 g/mol. The molecular formula is C13H28N2Na2S4. The predicted octanol–water partition coefficient (Wildman–Crippen LogP) is -2.53. The van der Waals surface area contributed by atoms with Crippen LogP contribution in [0.3, 0.4) is 0 Å². The fourth-order valence-corrected chi connectivity index (χ4v) is 1.27. The summed E-state index contributed by atoms with van der Waals surface area (Å²) in [6.07, 6.45) is 2.85. The van der Waals surface area contributed by atoms with Crippen molar-refractivity contribution in [2.75, 3.05) is 26.7 Å². The Kier molecular flexibility index (Phi) is 79.3. The van der Waals surface area contributed by atoms with Crippen molar-refractivity contribution in [1.29, 1.82) is 0 Å². The summed E-state index contributed by atoms with van der Waals surface area (Å²) < 4.78 is 1.75. The van der Waals surface area contributed by atoms with Gasteiger partial charge in [-0.15, -0.1) is 6.58 Å². The maximum Gasteiger partial charge on any atom is 1.00 e. The Labute approximate surface area is 199 Å². The van der Waals surface area contributed by atoms with E-state index in [4.69, 9.17) is 24.8 Å². The van der Waals surface area contributed by atoms with Crippen LogP contribution < -0.4 is 64.4 Å². The molecule has 0 fully saturated rings. The summed E-state index contributed by atoms with van der Waals surface area (Å²) in [5, 5.41) is 3.08. The topological polar surface area (TPSA) is 15.3 Å². The van der Waals surface area contributed by atoms with Gasteiger partial charge in [0.1, 0.15) is 0 Å². The van der Waals surface area contributed by atoms with Crippen LogP contribution in [-0.2, 0) is 25.3 Å². The molecule has 0 aromatic rings. The van der Waals surface area contributed by atoms with Crippen molar-refractivity contribution >= 4 is 58.7 Å². The van der Waals surface area contributed by atoms with Gasteiger partial charge in [0, 0.05) is 13.1 Å². The molecule has 0 rings (SSSR count).